The number of hydrogen-bond donors (Lipinski definition) is 1. The van der Waals surface area contributed by atoms with E-state index in [1.165, 1.54) is 0 Å². The van der Waals surface area contributed by atoms with Crippen LogP contribution in [0.15, 0.2) is 53.7 Å². The second-order valence-corrected chi connectivity index (χ2v) is 7.01. The molecule has 1 aliphatic heterocycles. The predicted molar refractivity (Wildman–Crippen MR) is 111 cm³/mol. The van der Waals surface area contributed by atoms with Gasteiger partial charge in [-0.1, -0.05) is 30.3 Å². The molecule has 9 heteroatoms. The summed E-state index contributed by atoms with van der Waals surface area (Å²) in [5.74, 6) is 0.898. The van der Waals surface area contributed by atoms with E-state index in [9.17, 15) is 4.79 Å². The number of H-pyrrole nitrogens is 1. The molecule has 1 N–H and O–H groups in total. The maximum Gasteiger partial charge on any atom is 0.266 e. The Bertz CT molecular complexity index is 1210. The van der Waals surface area contributed by atoms with Crippen LogP contribution in [-0.2, 0) is 7.05 Å². The van der Waals surface area contributed by atoms with Crippen molar-refractivity contribution >= 4 is 22.5 Å². The number of aryl methyl sites for hydroxylation is 1. The zero-order valence-corrected chi connectivity index (χ0v) is 16.0. The molecule has 0 bridgehead atoms. The van der Waals surface area contributed by atoms with Crippen molar-refractivity contribution in [1.82, 2.24) is 29.9 Å². The van der Waals surface area contributed by atoms with Crippen LogP contribution in [0.4, 0.5) is 11.5 Å². The van der Waals surface area contributed by atoms with Gasteiger partial charge in [-0.3, -0.25) is 9.48 Å². The minimum Gasteiger partial charge on any atom is -0.366 e. The lowest BCUT2D eigenvalue weighted by Gasteiger charge is -2.37. The van der Waals surface area contributed by atoms with Gasteiger partial charge in [0.25, 0.3) is 5.56 Å². The van der Waals surface area contributed by atoms with E-state index in [4.69, 9.17) is 0 Å². The number of nitrogens with zero attached hydrogens (tertiary/aromatic N) is 7. The number of aromatic amines is 1. The molecule has 4 heterocycles. The zero-order chi connectivity index (χ0) is 19.8. The Hall–Kier alpha value is -3.75. The number of benzene rings is 1. The van der Waals surface area contributed by atoms with Crippen molar-refractivity contribution in [2.24, 2.45) is 7.05 Å². The molecular weight excluding hydrogens is 368 g/mol. The highest BCUT2D eigenvalue weighted by atomic mass is 16.1. The summed E-state index contributed by atoms with van der Waals surface area (Å²) in [5.41, 5.74) is 3.25. The van der Waals surface area contributed by atoms with Crippen LogP contribution in [0.1, 0.15) is 0 Å². The van der Waals surface area contributed by atoms with Crippen molar-refractivity contribution in [2.45, 2.75) is 0 Å². The van der Waals surface area contributed by atoms with Crippen molar-refractivity contribution in [3.05, 3.63) is 59.3 Å². The molecule has 0 aliphatic carbocycles. The monoisotopic (exact) mass is 388 g/mol. The molecule has 1 aliphatic rings. The summed E-state index contributed by atoms with van der Waals surface area (Å²) in [6, 6.07) is 11.5. The van der Waals surface area contributed by atoms with Gasteiger partial charge in [0.05, 0.1) is 17.3 Å². The van der Waals surface area contributed by atoms with Crippen LogP contribution < -0.4 is 15.4 Å². The van der Waals surface area contributed by atoms with Crippen LogP contribution in [0.2, 0.25) is 0 Å². The molecule has 0 radical (unpaired) electrons. The first-order chi connectivity index (χ1) is 14.2. The van der Waals surface area contributed by atoms with Crippen LogP contribution in [0.3, 0.4) is 0 Å². The first kappa shape index (κ1) is 17.4. The molecule has 29 heavy (non-hydrogen) atoms. The van der Waals surface area contributed by atoms with E-state index in [0.29, 0.717) is 0 Å². The topological polar surface area (TPSA) is 95.8 Å². The molecular formula is C20H20N8O. The van der Waals surface area contributed by atoms with Crippen molar-refractivity contribution in [3.63, 3.8) is 0 Å². The van der Waals surface area contributed by atoms with Gasteiger partial charge in [0, 0.05) is 44.9 Å². The van der Waals surface area contributed by atoms with Gasteiger partial charge in [-0.15, -0.1) is 0 Å². The summed E-state index contributed by atoms with van der Waals surface area (Å²) >= 11 is 0. The molecule has 1 saturated heterocycles. The Morgan fingerprint density at radius 3 is 2.55 bits per heavy atom. The van der Waals surface area contributed by atoms with Gasteiger partial charge in [-0.2, -0.15) is 10.2 Å². The van der Waals surface area contributed by atoms with E-state index in [-0.39, 0.29) is 5.56 Å². The van der Waals surface area contributed by atoms with E-state index >= 15 is 0 Å². The summed E-state index contributed by atoms with van der Waals surface area (Å²) in [5, 5.41) is 12.1. The van der Waals surface area contributed by atoms with Gasteiger partial charge in [-0.25, -0.2) is 15.1 Å². The highest BCUT2D eigenvalue weighted by Crippen LogP contribution is 2.29. The third-order valence-electron chi connectivity index (χ3n) is 5.26. The molecule has 146 valence electrons. The van der Waals surface area contributed by atoms with E-state index < -0.39 is 0 Å². The van der Waals surface area contributed by atoms with Crippen molar-refractivity contribution in [1.29, 1.82) is 0 Å². The van der Waals surface area contributed by atoms with Crippen LogP contribution in [0, 0.1) is 0 Å². The van der Waals surface area contributed by atoms with Gasteiger partial charge < -0.3 is 9.80 Å². The molecule has 3 aromatic heterocycles. The van der Waals surface area contributed by atoms with Gasteiger partial charge in [0.2, 0.25) is 0 Å². The summed E-state index contributed by atoms with van der Waals surface area (Å²) in [6.07, 6.45) is 3.39. The van der Waals surface area contributed by atoms with E-state index in [0.717, 1.165) is 60.0 Å². The lowest BCUT2D eigenvalue weighted by atomic mass is 10.1. The first-order valence-corrected chi connectivity index (χ1v) is 9.48. The number of rotatable bonds is 3. The smallest absolute Gasteiger partial charge is 0.266 e. The third-order valence-corrected chi connectivity index (χ3v) is 5.26. The van der Waals surface area contributed by atoms with Crippen LogP contribution >= 0.6 is 0 Å². The van der Waals surface area contributed by atoms with Crippen LogP contribution in [-0.4, -0.2) is 56.1 Å². The lowest BCUT2D eigenvalue weighted by molar-refractivity contribution is 0.647. The number of piperazine rings is 1. The molecule has 0 spiro atoms. The highest BCUT2D eigenvalue weighted by Gasteiger charge is 2.23. The Balaban J connectivity index is 1.43. The Morgan fingerprint density at radius 1 is 1.00 bits per heavy atom. The van der Waals surface area contributed by atoms with E-state index in [1.807, 2.05) is 43.6 Å². The number of hydrogen-bond acceptors (Lipinski definition) is 7. The van der Waals surface area contributed by atoms with Gasteiger partial charge in [0.1, 0.15) is 17.8 Å². The SMILES string of the molecule is Cn1ncc2c(N3CCN(c4cc(=O)[nH]nc4-c4ccccc4)CC3)ncnc21. The highest BCUT2D eigenvalue weighted by molar-refractivity contribution is 5.86. The molecule has 4 aromatic rings. The Labute approximate surface area is 166 Å². The van der Waals surface area contributed by atoms with Gasteiger partial charge in [-0.05, 0) is 0 Å². The fraction of sp³-hybridized carbons (Fsp3) is 0.250. The fourth-order valence-electron chi connectivity index (χ4n) is 3.80. The maximum absolute atomic E-state index is 12.0. The average Bonchev–Trinajstić information content (AvgIpc) is 3.15. The standard InChI is InChI=1S/C20H20N8O/c1-26-19-15(12-23-26)20(22-13-21-19)28-9-7-27(8-10-28)16-11-17(29)24-25-18(16)14-5-3-2-4-6-14/h2-6,11-13H,7-10H2,1H3,(H,24,29). The number of nitrogens with one attached hydrogen (secondary N) is 1. The minimum absolute atomic E-state index is 0.199. The molecule has 9 nitrogen and oxygen atoms in total. The molecule has 0 unspecified atom stereocenters. The largest absolute Gasteiger partial charge is 0.366 e. The molecule has 0 amide bonds. The average molecular weight is 388 g/mol. The zero-order valence-electron chi connectivity index (χ0n) is 16.0. The van der Waals surface area contributed by atoms with Gasteiger partial charge in [0.15, 0.2) is 5.65 Å². The fourth-order valence-corrected chi connectivity index (χ4v) is 3.80. The van der Waals surface area contributed by atoms with Crippen LogP contribution in [0.5, 0.6) is 0 Å². The molecule has 1 fully saturated rings. The quantitative estimate of drug-likeness (QED) is 0.567. The van der Waals surface area contributed by atoms with Crippen LogP contribution in [0.25, 0.3) is 22.3 Å². The second kappa shape index (κ2) is 7.01. The Morgan fingerprint density at radius 2 is 1.76 bits per heavy atom. The molecule has 5 rings (SSSR count). The van der Waals surface area contributed by atoms with Crippen molar-refractivity contribution in [2.75, 3.05) is 36.0 Å². The maximum atomic E-state index is 12.0. The summed E-state index contributed by atoms with van der Waals surface area (Å²) in [7, 11) is 1.88. The number of fused-ring (bicyclic) bond motifs is 1. The van der Waals surface area contributed by atoms with Crippen molar-refractivity contribution < 1.29 is 0 Å². The Kier molecular flexibility index (Phi) is 4.19. The molecule has 1 aromatic carbocycles. The number of aromatic nitrogens is 6. The molecule has 0 saturated carbocycles. The lowest BCUT2D eigenvalue weighted by Crippen LogP contribution is -2.47. The molecule has 0 atom stereocenters. The van der Waals surface area contributed by atoms with Crippen molar-refractivity contribution in [3.8, 4) is 11.3 Å². The normalized spacial score (nSPS) is 14.5. The van der Waals surface area contributed by atoms with E-state index in [1.54, 1.807) is 17.1 Å². The minimum atomic E-state index is -0.199. The summed E-state index contributed by atoms with van der Waals surface area (Å²) in [6.45, 7) is 3.08. The first-order valence-electron chi connectivity index (χ1n) is 9.48. The second-order valence-electron chi connectivity index (χ2n) is 7.01. The van der Waals surface area contributed by atoms with E-state index in [2.05, 4.69) is 35.1 Å². The summed E-state index contributed by atoms with van der Waals surface area (Å²) < 4.78 is 1.75. The van der Waals surface area contributed by atoms with Gasteiger partial charge >= 0.3 is 0 Å². The third kappa shape index (κ3) is 3.10. The summed E-state index contributed by atoms with van der Waals surface area (Å²) in [4.78, 5) is 25.2. The predicted octanol–water partition coefficient (Wildman–Crippen LogP) is 1.44. The number of anilines is 2.